The summed E-state index contributed by atoms with van der Waals surface area (Å²) in [6, 6.07) is 1.78. The number of carboxylic acid groups (broad SMARTS) is 1. The number of aromatic nitrogens is 2. The van der Waals surface area contributed by atoms with Crippen molar-refractivity contribution in [3.8, 4) is 6.07 Å². The van der Waals surface area contributed by atoms with Gasteiger partial charge in [-0.2, -0.15) is 5.26 Å². The van der Waals surface area contributed by atoms with Crippen LogP contribution in [0.15, 0.2) is 12.4 Å². The van der Waals surface area contributed by atoms with Gasteiger partial charge < -0.3 is 10.4 Å². The smallest absolute Gasteiger partial charge is 0.308 e. The van der Waals surface area contributed by atoms with Crippen molar-refractivity contribution in [3.05, 3.63) is 18.1 Å². The van der Waals surface area contributed by atoms with Crippen LogP contribution in [0.2, 0.25) is 0 Å². The molecule has 6 nitrogen and oxygen atoms in total. The summed E-state index contributed by atoms with van der Waals surface area (Å²) in [6.07, 6.45) is 6.32. The van der Waals surface area contributed by atoms with E-state index in [1.165, 1.54) is 12.4 Å². The topological polar surface area (TPSA) is 98.9 Å². The first kappa shape index (κ1) is 12.3. The second-order valence-corrected chi connectivity index (χ2v) is 4.38. The Morgan fingerprint density at radius 1 is 1.39 bits per heavy atom. The average Bonchev–Trinajstić information content (AvgIpc) is 2.40. The molecule has 2 rings (SSSR count). The Morgan fingerprint density at radius 3 is 2.78 bits per heavy atom. The lowest BCUT2D eigenvalue weighted by Gasteiger charge is -2.29. The van der Waals surface area contributed by atoms with Gasteiger partial charge in [0.1, 0.15) is 11.9 Å². The van der Waals surface area contributed by atoms with Crippen molar-refractivity contribution in [2.24, 2.45) is 5.92 Å². The van der Waals surface area contributed by atoms with Crippen molar-refractivity contribution >= 4 is 11.8 Å². The Kier molecular flexibility index (Phi) is 3.72. The van der Waals surface area contributed by atoms with Crippen LogP contribution in [0, 0.1) is 17.2 Å². The number of carboxylic acids is 1. The predicted octanol–water partition coefficient (Wildman–Crippen LogP) is 1.40. The van der Waals surface area contributed by atoms with Crippen molar-refractivity contribution in [1.29, 1.82) is 5.26 Å². The zero-order valence-electron chi connectivity index (χ0n) is 9.83. The highest BCUT2D eigenvalue weighted by Gasteiger charge is 2.30. The van der Waals surface area contributed by atoms with Gasteiger partial charge in [-0.1, -0.05) is 12.8 Å². The van der Waals surface area contributed by atoms with Crippen LogP contribution in [0.1, 0.15) is 31.4 Å². The van der Waals surface area contributed by atoms with E-state index in [-0.39, 0.29) is 17.7 Å². The van der Waals surface area contributed by atoms with Crippen LogP contribution in [0.25, 0.3) is 0 Å². The second-order valence-electron chi connectivity index (χ2n) is 4.38. The number of nitrogens with zero attached hydrogens (tertiary/aromatic N) is 3. The fourth-order valence-electron chi connectivity index (χ4n) is 2.25. The Balaban J connectivity index is 2.06. The summed E-state index contributed by atoms with van der Waals surface area (Å²) in [6.45, 7) is 0. The monoisotopic (exact) mass is 246 g/mol. The summed E-state index contributed by atoms with van der Waals surface area (Å²) in [5.74, 6) is -0.628. The molecule has 1 aliphatic carbocycles. The van der Waals surface area contributed by atoms with E-state index in [2.05, 4.69) is 15.3 Å². The molecule has 0 spiro atoms. The maximum atomic E-state index is 11.1. The molecule has 1 heterocycles. The maximum Gasteiger partial charge on any atom is 0.308 e. The zero-order valence-corrected chi connectivity index (χ0v) is 9.83. The normalized spacial score (nSPS) is 23.1. The minimum atomic E-state index is -0.770. The molecule has 2 N–H and O–H groups in total. The van der Waals surface area contributed by atoms with Crippen LogP contribution in [-0.2, 0) is 4.79 Å². The molecule has 0 aromatic carbocycles. The maximum absolute atomic E-state index is 11.1. The molecule has 0 aliphatic heterocycles. The minimum Gasteiger partial charge on any atom is -0.481 e. The second kappa shape index (κ2) is 5.45. The molecule has 0 radical (unpaired) electrons. The fourth-order valence-corrected chi connectivity index (χ4v) is 2.25. The summed E-state index contributed by atoms with van der Waals surface area (Å²) in [5.41, 5.74) is 0.249. The number of nitrogens with one attached hydrogen (secondary N) is 1. The molecule has 1 aromatic rings. The van der Waals surface area contributed by atoms with E-state index < -0.39 is 5.97 Å². The van der Waals surface area contributed by atoms with Crippen LogP contribution in [0.3, 0.4) is 0 Å². The third kappa shape index (κ3) is 2.74. The predicted molar refractivity (Wildman–Crippen MR) is 63.8 cm³/mol. The van der Waals surface area contributed by atoms with Gasteiger partial charge in [0, 0.05) is 6.04 Å². The lowest BCUT2D eigenvalue weighted by Crippen LogP contribution is -2.37. The van der Waals surface area contributed by atoms with Gasteiger partial charge in [-0.15, -0.1) is 0 Å². The van der Waals surface area contributed by atoms with E-state index in [1.54, 1.807) is 0 Å². The van der Waals surface area contributed by atoms with E-state index in [1.807, 2.05) is 6.07 Å². The van der Waals surface area contributed by atoms with Gasteiger partial charge in [0.05, 0.1) is 18.3 Å². The molecule has 1 fully saturated rings. The average molecular weight is 246 g/mol. The van der Waals surface area contributed by atoms with E-state index in [4.69, 9.17) is 10.4 Å². The summed E-state index contributed by atoms with van der Waals surface area (Å²) in [5, 5.41) is 20.9. The number of aliphatic carboxylic acids is 1. The van der Waals surface area contributed by atoms with Gasteiger partial charge in [-0.25, -0.2) is 9.97 Å². The highest BCUT2D eigenvalue weighted by molar-refractivity contribution is 5.71. The Labute approximate surface area is 105 Å². The van der Waals surface area contributed by atoms with Gasteiger partial charge in [-0.05, 0) is 12.8 Å². The highest BCUT2D eigenvalue weighted by Crippen LogP contribution is 2.26. The summed E-state index contributed by atoms with van der Waals surface area (Å²) in [4.78, 5) is 19.1. The van der Waals surface area contributed by atoms with Crippen LogP contribution >= 0.6 is 0 Å². The molecule has 94 valence electrons. The molecule has 2 atom stereocenters. The molecule has 18 heavy (non-hydrogen) atoms. The van der Waals surface area contributed by atoms with Gasteiger partial charge in [-0.3, -0.25) is 4.79 Å². The lowest BCUT2D eigenvalue weighted by molar-refractivity contribution is -0.143. The van der Waals surface area contributed by atoms with Crippen molar-refractivity contribution in [2.45, 2.75) is 31.7 Å². The standard InChI is InChI=1S/C12H14N4O2/c13-5-8-6-15-11(7-14-8)16-10-4-2-1-3-9(10)12(17)18/h6-7,9-10H,1-4H2,(H,15,16)(H,17,18). The van der Waals surface area contributed by atoms with Gasteiger partial charge >= 0.3 is 5.97 Å². The Morgan fingerprint density at radius 2 is 2.17 bits per heavy atom. The molecular weight excluding hydrogens is 232 g/mol. The fraction of sp³-hybridized carbons (Fsp3) is 0.500. The third-order valence-corrected chi connectivity index (χ3v) is 3.18. The molecule has 2 unspecified atom stereocenters. The third-order valence-electron chi connectivity index (χ3n) is 3.18. The number of anilines is 1. The van der Waals surface area contributed by atoms with E-state index >= 15 is 0 Å². The van der Waals surface area contributed by atoms with E-state index in [9.17, 15) is 4.79 Å². The molecule has 0 amide bonds. The van der Waals surface area contributed by atoms with Gasteiger partial charge in [0.2, 0.25) is 0 Å². The van der Waals surface area contributed by atoms with E-state index in [0.29, 0.717) is 12.2 Å². The van der Waals surface area contributed by atoms with Crippen molar-refractivity contribution in [3.63, 3.8) is 0 Å². The molecule has 1 aromatic heterocycles. The van der Waals surface area contributed by atoms with Gasteiger partial charge in [0.15, 0.2) is 5.69 Å². The molecular formula is C12H14N4O2. The van der Waals surface area contributed by atoms with Crippen LogP contribution in [0.4, 0.5) is 5.82 Å². The number of nitriles is 1. The SMILES string of the molecule is N#Cc1cnc(NC2CCCCC2C(=O)O)cn1. The first-order valence-corrected chi connectivity index (χ1v) is 5.92. The molecule has 0 bridgehead atoms. The van der Waals surface area contributed by atoms with Crippen molar-refractivity contribution < 1.29 is 9.90 Å². The number of rotatable bonds is 3. The summed E-state index contributed by atoms with van der Waals surface area (Å²) in [7, 11) is 0. The highest BCUT2D eigenvalue weighted by atomic mass is 16.4. The van der Waals surface area contributed by atoms with Gasteiger partial charge in [0.25, 0.3) is 0 Å². The zero-order chi connectivity index (χ0) is 13.0. The number of hydrogen-bond acceptors (Lipinski definition) is 5. The molecule has 6 heteroatoms. The summed E-state index contributed by atoms with van der Waals surface area (Å²) >= 11 is 0. The molecule has 1 aliphatic rings. The summed E-state index contributed by atoms with van der Waals surface area (Å²) < 4.78 is 0. The Hall–Kier alpha value is -2.16. The Bertz CT molecular complexity index is 466. The first-order chi connectivity index (χ1) is 8.70. The quantitative estimate of drug-likeness (QED) is 0.836. The van der Waals surface area contributed by atoms with Crippen LogP contribution in [0.5, 0.6) is 0 Å². The van der Waals surface area contributed by atoms with Crippen molar-refractivity contribution in [2.75, 3.05) is 5.32 Å². The lowest BCUT2D eigenvalue weighted by atomic mass is 9.84. The van der Waals surface area contributed by atoms with E-state index in [0.717, 1.165) is 19.3 Å². The van der Waals surface area contributed by atoms with Crippen LogP contribution in [-0.4, -0.2) is 27.1 Å². The number of carbonyl (C=O) groups is 1. The number of hydrogen-bond donors (Lipinski definition) is 2. The van der Waals surface area contributed by atoms with Crippen molar-refractivity contribution in [1.82, 2.24) is 9.97 Å². The largest absolute Gasteiger partial charge is 0.481 e. The minimum absolute atomic E-state index is 0.113. The molecule has 0 saturated heterocycles. The molecule has 1 saturated carbocycles. The van der Waals surface area contributed by atoms with Crippen LogP contribution < -0.4 is 5.32 Å². The first-order valence-electron chi connectivity index (χ1n) is 5.92.